The Bertz CT molecular complexity index is 1270. The van der Waals surface area contributed by atoms with Gasteiger partial charge in [-0.1, -0.05) is 48.5 Å². The largest absolute Gasteiger partial charge is 0.376 e. The Morgan fingerprint density at radius 1 is 0.974 bits per heavy atom. The molecule has 4 heterocycles. The highest BCUT2D eigenvalue weighted by molar-refractivity contribution is 6.00. The van der Waals surface area contributed by atoms with Crippen molar-refractivity contribution in [3.8, 4) is 0 Å². The maximum Gasteiger partial charge on any atom is 0.246 e. The molecule has 206 valence electrons. The third-order valence-corrected chi connectivity index (χ3v) is 9.03. The number of unbranched alkanes of at least 4 members (excludes halogenated alkanes) is 1. The molecule has 2 amide bonds. The van der Waals surface area contributed by atoms with Gasteiger partial charge in [-0.15, -0.1) is 0 Å². The lowest BCUT2D eigenvalue weighted by molar-refractivity contribution is -0.163. The minimum atomic E-state index is -0.777. The van der Waals surface area contributed by atoms with Crippen LogP contribution in [0.15, 0.2) is 60.8 Å². The van der Waals surface area contributed by atoms with Crippen molar-refractivity contribution in [3.05, 3.63) is 71.9 Å². The summed E-state index contributed by atoms with van der Waals surface area (Å²) >= 11 is 0. The van der Waals surface area contributed by atoms with Gasteiger partial charge in [0, 0.05) is 49.8 Å². The Labute approximate surface area is 230 Å². The minimum Gasteiger partial charge on any atom is -0.376 e. The first kappa shape index (κ1) is 26.1. The molecule has 3 aliphatic heterocycles. The number of hydrogen-bond donors (Lipinski definition) is 2. The number of piperidine rings is 1. The molecule has 6 rings (SSSR count). The number of ether oxygens (including phenoxy) is 1. The zero-order chi connectivity index (χ0) is 26.7. The molecule has 0 saturated carbocycles. The number of nitrogens with zero attached hydrogens (tertiary/aromatic N) is 2. The number of amides is 2. The number of likely N-dealkylation sites (tertiary alicyclic amines) is 1. The molecule has 2 atom stereocenters. The summed E-state index contributed by atoms with van der Waals surface area (Å²) < 4.78 is 5.95. The van der Waals surface area contributed by atoms with Crippen molar-refractivity contribution >= 4 is 22.7 Å². The van der Waals surface area contributed by atoms with Crippen LogP contribution in [0.25, 0.3) is 10.9 Å². The van der Waals surface area contributed by atoms with Crippen LogP contribution < -0.4 is 5.32 Å². The van der Waals surface area contributed by atoms with Gasteiger partial charge in [0.1, 0.15) is 11.6 Å². The Balaban J connectivity index is 1.12. The lowest BCUT2D eigenvalue weighted by Gasteiger charge is -2.52. The molecule has 3 aromatic rings. The monoisotopic (exact) mass is 528 g/mol. The summed E-state index contributed by atoms with van der Waals surface area (Å²) in [6.07, 6.45) is 9.18. The number of carbonyl (C=O) groups excluding carboxylic acids is 2. The van der Waals surface area contributed by atoms with E-state index in [1.165, 1.54) is 5.56 Å². The fourth-order valence-corrected chi connectivity index (χ4v) is 6.74. The highest BCUT2D eigenvalue weighted by Crippen LogP contribution is 2.35. The molecule has 2 N–H and O–H groups in total. The van der Waals surface area contributed by atoms with Crippen LogP contribution in [0.1, 0.15) is 49.7 Å². The summed E-state index contributed by atoms with van der Waals surface area (Å²) in [5, 5.41) is 4.27. The van der Waals surface area contributed by atoms with Crippen LogP contribution in [0, 0.1) is 0 Å². The van der Waals surface area contributed by atoms with E-state index in [9.17, 15) is 9.59 Å². The van der Waals surface area contributed by atoms with Gasteiger partial charge >= 0.3 is 0 Å². The van der Waals surface area contributed by atoms with Gasteiger partial charge < -0.3 is 24.8 Å². The van der Waals surface area contributed by atoms with Crippen LogP contribution in [0.5, 0.6) is 0 Å². The van der Waals surface area contributed by atoms with E-state index in [1.54, 1.807) is 0 Å². The number of hydrogen-bond acceptors (Lipinski definition) is 4. The van der Waals surface area contributed by atoms with Crippen LogP contribution in [-0.4, -0.2) is 77.1 Å². The second kappa shape index (κ2) is 11.5. The van der Waals surface area contributed by atoms with Gasteiger partial charge in [-0.3, -0.25) is 9.59 Å². The molecular formula is C32H40N4O3. The normalized spacial score (nSPS) is 23.5. The zero-order valence-corrected chi connectivity index (χ0v) is 22.7. The van der Waals surface area contributed by atoms with Crippen LogP contribution in [0.4, 0.5) is 0 Å². The number of H-pyrrole nitrogens is 1. The average molecular weight is 529 g/mol. The van der Waals surface area contributed by atoms with E-state index in [1.807, 2.05) is 29.3 Å². The number of aromatic amines is 1. The molecule has 2 aromatic carbocycles. The Morgan fingerprint density at radius 2 is 1.77 bits per heavy atom. The van der Waals surface area contributed by atoms with Gasteiger partial charge in [-0.2, -0.15) is 0 Å². The number of rotatable bonds is 9. The van der Waals surface area contributed by atoms with Crippen molar-refractivity contribution in [2.45, 2.75) is 69.1 Å². The van der Waals surface area contributed by atoms with Crippen molar-refractivity contribution in [2.24, 2.45) is 0 Å². The quantitative estimate of drug-likeness (QED) is 0.411. The second-order valence-corrected chi connectivity index (χ2v) is 11.5. The predicted molar refractivity (Wildman–Crippen MR) is 152 cm³/mol. The standard InChI is InChI=1S/C32H40N4O3/c37-30-29(21-25-22-33-28-14-5-4-13-27(25)28)34-31(38)32(36(30)23-26-12-8-20-39-26)15-18-35(19-16-32)17-7-6-11-24-9-2-1-3-10-24/h1-5,9-10,13-14,22,26,29,33H,6-8,11-12,15-21,23H2,(H,34,38). The van der Waals surface area contributed by atoms with Gasteiger partial charge in [-0.05, 0) is 68.7 Å². The zero-order valence-electron chi connectivity index (χ0n) is 22.7. The Kier molecular flexibility index (Phi) is 7.71. The van der Waals surface area contributed by atoms with E-state index in [-0.39, 0.29) is 17.9 Å². The second-order valence-electron chi connectivity index (χ2n) is 11.5. The molecular weight excluding hydrogens is 488 g/mol. The van der Waals surface area contributed by atoms with Gasteiger partial charge in [0.05, 0.1) is 6.10 Å². The van der Waals surface area contributed by atoms with Crippen LogP contribution in [-0.2, 0) is 27.2 Å². The van der Waals surface area contributed by atoms with Crippen molar-refractivity contribution in [1.82, 2.24) is 20.1 Å². The molecule has 0 radical (unpaired) electrons. The Morgan fingerprint density at radius 3 is 2.56 bits per heavy atom. The average Bonchev–Trinajstić information content (AvgIpc) is 3.64. The van der Waals surface area contributed by atoms with Crippen molar-refractivity contribution in [2.75, 3.05) is 32.8 Å². The number of fused-ring (bicyclic) bond motifs is 1. The van der Waals surface area contributed by atoms with Crippen molar-refractivity contribution < 1.29 is 14.3 Å². The summed E-state index contributed by atoms with van der Waals surface area (Å²) in [7, 11) is 0. The number of carbonyl (C=O) groups is 2. The highest BCUT2D eigenvalue weighted by Gasteiger charge is 2.54. The number of benzene rings is 2. The molecule has 39 heavy (non-hydrogen) atoms. The summed E-state index contributed by atoms with van der Waals surface area (Å²) in [5.74, 6) is 0.0420. The first-order chi connectivity index (χ1) is 19.1. The van der Waals surface area contributed by atoms with E-state index in [2.05, 4.69) is 51.6 Å². The third-order valence-electron chi connectivity index (χ3n) is 9.03. The first-order valence-corrected chi connectivity index (χ1v) is 14.7. The number of aryl methyl sites for hydroxylation is 1. The van der Waals surface area contributed by atoms with Gasteiger partial charge in [0.15, 0.2) is 0 Å². The molecule has 0 aliphatic carbocycles. The van der Waals surface area contributed by atoms with E-state index >= 15 is 0 Å². The molecule has 3 aliphatic rings. The summed E-state index contributed by atoms with van der Waals surface area (Å²) in [6, 6.07) is 18.2. The third kappa shape index (κ3) is 5.48. The predicted octanol–water partition coefficient (Wildman–Crippen LogP) is 4.07. The lowest BCUT2D eigenvalue weighted by Crippen LogP contribution is -2.73. The van der Waals surface area contributed by atoms with Crippen molar-refractivity contribution in [1.29, 1.82) is 0 Å². The summed E-state index contributed by atoms with van der Waals surface area (Å²) in [6.45, 7) is 3.95. The van der Waals surface area contributed by atoms with Gasteiger partial charge in [0.2, 0.25) is 11.8 Å². The van der Waals surface area contributed by atoms with Crippen LogP contribution in [0.2, 0.25) is 0 Å². The smallest absolute Gasteiger partial charge is 0.246 e. The lowest BCUT2D eigenvalue weighted by atomic mass is 9.80. The molecule has 1 aromatic heterocycles. The fraction of sp³-hybridized carbons (Fsp3) is 0.500. The molecule has 2 unspecified atom stereocenters. The molecule has 3 saturated heterocycles. The maximum absolute atomic E-state index is 14.1. The van der Waals surface area contributed by atoms with E-state index < -0.39 is 11.6 Å². The molecule has 1 spiro atoms. The number of nitrogens with one attached hydrogen (secondary N) is 2. The Hall–Kier alpha value is -3.16. The maximum atomic E-state index is 14.1. The highest BCUT2D eigenvalue weighted by atomic mass is 16.5. The van der Waals surface area contributed by atoms with Gasteiger partial charge in [-0.25, -0.2) is 0 Å². The van der Waals surface area contributed by atoms with Gasteiger partial charge in [0.25, 0.3) is 0 Å². The molecule has 7 heteroatoms. The molecule has 7 nitrogen and oxygen atoms in total. The molecule has 0 bridgehead atoms. The summed E-state index contributed by atoms with van der Waals surface area (Å²) in [4.78, 5) is 35.6. The molecule has 3 fully saturated rings. The number of para-hydroxylation sites is 1. The van der Waals surface area contributed by atoms with Crippen molar-refractivity contribution in [3.63, 3.8) is 0 Å². The number of aromatic nitrogens is 1. The first-order valence-electron chi connectivity index (χ1n) is 14.7. The minimum absolute atomic E-state index is 0.00802. The van der Waals surface area contributed by atoms with E-state index in [0.29, 0.717) is 25.8 Å². The van der Waals surface area contributed by atoms with Crippen LogP contribution >= 0.6 is 0 Å². The number of piperazine rings is 1. The fourth-order valence-electron chi connectivity index (χ4n) is 6.74. The van der Waals surface area contributed by atoms with Crippen LogP contribution in [0.3, 0.4) is 0 Å². The SMILES string of the molecule is O=C1C(Cc2c[nH]c3ccccc23)NC(=O)C2(CCN(CCCCc3ccccc3)CC2)N1CC1CCCO1. The summed E-state index contributed by atoms with van der Waals surface area (Å²) in [5.41, 5.74) is 2.72. The van der Waals surface area contributed by atoms with E-state index in [4.69, 9.17) is 4.74 Å². The topological polar surface area (TPSA) is 77.7 Å². The van der Waals surface area contributed by atoms with E-state index in [0.717, 1.165) is 74.8 Å².